The average molecular weight is 279 g/mol. The van der Waals surface area contributed by atoms with Gasteiger partial charge in [0.1, 0.15) is 11.6 Å². The molecule has 0 N–H and O–H groups in total. The molecule has 1 saturated heterocycles. The Labute approximate surface area is 119 Å². The zero-order valence-electron chi connectivity index (χ0n) is 12.4. The predicted molar refractivity (Wildman–Crippen MR) is 76.8 cm³/mol. The molecule has 1 heterocycles. The molecule has 0 saturated carbocycles. The van der Waals surface area contributed by atoms with Crippen LogP contribution in [0.5, 0.6) is 5.75 Å². The van der Waals surface area contributed by atoms with E-state index in [0.717, 1.165) is 19.3 Å². The number of carbonyl (C=O) groups is 1. The predicted octanol–water partition coefficient (Wildman–Crippen LogP) is 3.28. The van der Waals surface area contributed by atoms with Gasteiger partial charge in [-0.15, -0.1) is 0 Å². The maximum atomic E-state index is 13.4. The molecule has 110 valence electrons. The molecule has 3 nitrogen and oxygen atoms in total. The molecule has 2 unspecified atom stereocenters. The molecule has 0 bridgehead atoms. The summed E-state index contributed by atoms with van der Waals surface area (Å²) in [5.41, 5.74) is 0.335. The Bertz CT molecular complexity index is 489. The Balaban J connectivity index is 2.17. The zero-order valence-corrected chi connectivity index (χ0v) is 12.4. The third kappa shape index (κ3) is 3.01. The molecule has 2 atom stereocenters. The highest BCUT2D eigenvalue weighted by atomic mass is 19.1. The number of ether oxygens (including phenoxy) is 1. The minimum absolute atomic E-state index is 0.0754. The van der Waals surface area contributed by atoms with E-state index in [1.807, 2.05) is 0 Å². The van der Waals surface area contributed by atoms with Crippen LogP contribution in [0.4, 0.5) is 4.39 Å². The van der Waals surface area contributed by atoms with Crippen molar-refractivity contribution < 1.29 is 13.9 Å². The summed E-state index contributed by atoms with van der Waals surface area (Å²) in [7, 11) is 1.50. The number of rotatable bonds is 5. The summed E-state index contributed by atoms with van der Waals surface area (Å²) in [5, 5.41) is 0. The van der Waals surface area contributed by atoms with Crippen LogP contribution in [0.1, 0.15) is 43.5 Å². The molecule has 0 spiro atoms. The van der Waals surface area contributed by atoms with E-state index < -0.39 is 5.82 Å². The molecule has 1 aromatic rings. The van der Waals surface area contributed by atoms with Gasteiger partial charge in [0, 0.05) is 12.1 Å². The molecule has 1 aliphatic heterocycles. The molecule has 1 aromatic carbocycles. The molecule has 0 aromatic heterocycles. The molecule has 1 aliphatic rings. The van der Waals surface area contributed by atoms with Gasteiger partial charge < -0.3 is 4.74 Å². The van der Waals surface area contributed by atoms with Gasteiger partial charge in [0.2, 0.25) is 0 Å². The molecule has 4 heteroatoms. The molecular formula is C16H22FNO2. The van der Waals surface area contributed by atoms with Gasteiger partial charge in [0.05, 0.1) is 19.2 Å². The van der Waals surface area contributed by atoms with Crippen LogP contribution in [0.3, 0.4) is 0 Å². The molecule has 0 amide bonds. The lowest BCUT2D eigenvalue weighted by Crippen LogP contribution is -2.38. The van der Waals surface area contributed by atoms with Crippen LogP contribution < -0.4 is 4.74 Å². The standard InChI is InChI=1S/C16H22FNO2/c1-4-13-7-5-11(2)18(13)10-15(19)14-9-12(17)6-8-16(14)20-3/h6,8-9,11,13H,4-5,7,10H2,1-3H3. The summed E-state index contributed by atoms with van der Waals surface area (Å²) in [6, 6.07) is 4.94. The molecule has 2 rings (SSSR count). The topological polar surface area (TPSA) is 29.5 Å². The number of Topliss-reactive ketones (excluding diaryl/α,β-unsaturated/α-hetero) is 1. The second kappa shape index (κ2) is 6.35. The van der Waals surface area contributed by atoms with Gasteiger partial charge in [0.15, 0.2) is 5.78 Å². The third-order valence-corrected chi connectivity index (χ3v) is 4.21. The maximum Gasteiger partial charge on any atom is 0.180 e. The minimum Gasteiger partial charge on any atom is -0.496 e. The first-order valence-electron chi connectivity index (χ1n) is 7.19. The van der Waals surface area contributed by atoms with Crippen molar-refractivity contribution in [3.05, 3.63) is 29.6 Å². The van der Waals surface area contributed by atoms with E-state index in [0.29, 0.717) is 29.9 Å². The quantitative estimate of drug-likeness (QED) is 0.775. The van der Waals surface area contributed by atoms with Crippen LogP contribution in [0.2, 0.25) is 0 Å². The van der Waals surface area contributed by atoms with Gasteiger partial charge in [0.25, 0.3) is 0 Å². The maximum absolute atomic E-state index is 13.4. The Morgan fingerprint density at radius 2 is 2.20 bits per heavy atom. The van der Waals surface area contributed by atoms with Crippen LogP contribution in [0.15, 0.2) is 18.2 Å². The lowest BCUT2D eigenvalue weighted by atomic mass is 10.1. The number of likely N-dealkylation sites (tertiary alicyclic amines) is 1. The van der Waals surface area contributed by atoms with Crippen LogP contribution in [0, 0.1) is 5.82 Å². The van der Waals surface area contributed by atoms with Gasteiger partial charge in [-0.2, -0.15) is 0 Å². The minimum atomic E-state index is -0.407. The number of hydrogen-bond donors (Lipinski definition) is 0. The second-order valence-electron chi connectivity index (χ2n) is 5.43. The number of ketones is 1. The van der Waals surface area contributed by atoms with Gasteiger partial charge in [-0.1, -0.05) is 6.92 Å². The van der Waals surface area contributed by atoms with Crippen molar-refractivity contribution in [2.45, 2.75) is 45.2 Å². The van der Waals surface area contributed by atoms with Gasteiger partial charge >= 0.3 is 0 Å². The highest BCUT2D eigenvalue weighted by Crippen LogP contribution is 2.27. The summed E-state index contributed by atoms with van der Waals surface area (Å²) in [5.74, 6) is -0.0412. The summed E-state index contributed by atoms with van der Waals surface area (Å²) < 4.78 is 18.5. The van der Waals surface area contributed by atoms with Crippen molar-refractivity contribution in [2.75, 3.05) is 13.7 Å². The first kappa shape index (κ1) is 15.0. The monoisotopic (exact) mass is 279 g/mol. The Kier molecular flexibility index (Phi) is 4.76. The Morgan fingerprint density at radius 3 is 2.85 bits per heavy atom. The fraction of sp³-hybridized carbons (Fsp3) is 0.562. The van der Waals surface area contributed by atoms with E-state index in [-0.39, 0.29) is 5.78 Å². The van der Waals surface area contributed by atoms with Crippen molar-refractivity contribution in [1.82, 2.24) is 4.90 Å². The molecule has 0 radical (unpaired) electrons. The Hall–Kier alpha value is -1.42. The van der Waals surface area contributed by atoms with Crippen molar-refractivity contribution >= 4 is 5.78 Å². The first-order valence-corrected chi connectivity index (χ1v) is 7.19. The fourth-order valence-electron chi connectivity index (χ4n) is 3.00. The van der Waals surface area contributed by atoms with Crippen molar-refractivity contribution in [2.24, 2.45) is 0 Å². The van der Waals surface area contributed by atoms with E-state index >= 15 is 0 Å². The van der Waals surface area contributed by atoms with Crippen molar-refractivity contribution in [3.63, 3.8) is 0 Å². The van der Waals surface area contributed by atoms with E-state index in [1.165, 1.54) is 25.3 Å². The first-order chi connectivity index (χ1) is 9.56. The summed E-state index contributed by atoms with van der Waals surface area (Å²) in [6.45, 7) is 4.62. The largest absolute Gasteiger partial charge is 0.496 e. The fourth-order valence-corrected chi connectivity index (χ4v) is 3.00. The van der Waals surface area contributed by atoms with Gasteiger partial charge in [-0.05, 0) is 44.4 Å². The number of halogens is 1. The normalized spacial score (nSPS) is 23.0. The number of carbonyl (C=O) groups excluding carboxylic acids is 1. The Morgan fingerprint density at radius 1 is 1.45 bits per heavy atom. The molecule has 0 aliphatic carbocycles. The molecular weight excluding hydrogens is 257 g/mol. The lowest BCUT2D eigenvalue weighted by molar-refractivity contribution is 0.0885. The third-order valence-electron chi connectivity index (χ3n) is 4.21. The number of hydrogen-bond acceptors (Lipinski definition) is 3. The summed E-state index contributed by atoms with van der Waals surface area (Å²) in [6.07, 6.45) is 3.29. The number of methoxy groups -OCH3 is 1. The van der Waals surface area contributed by atoms with Crippen LogP contribution >= 0.6 is 0 Å². The van der Waals surface area contributed by atoms with Crippen molar-refractivity contribution in [3.8, 4) is 5.75 Å². The van der Waals surface area contributed by atoms with Crippen LogP contribution in [-0.4, -0.2) is 36.4 Å². The van der Waals surface area contributed by atoms with Gasteiger partial charge in [-0.25, -0.2) is 4.39 Å². The number of nitrogens with zero attached hydrogens (tertiary/aromatic N) is 1. The SMILES string of the molecule is CCC1CCC(C)N1CC(=O)c1cc(F)ccc1OC. The number of benzene rings is 1. The van der Waals surface area contributed by atoms with E-state index in [4.69, 9.17) is 4.74 Å². The van der Waals surface area contributed by atoms with Crippen LogP contribution in [0.25, 0.3) is 0 Å². The molecule has 1 fully saturated rings. The average Bonchev–Trinajstić information content (AvgIpc) is 2.79. The van der Waals surface area contributed by atoms with Crippen molar-refractivity contribution in [1.29, 1.82) is 0 Å². The molecule has 20 heavy (non-hydrogen) atoms. The zero-order chi connectivity index (χ0) is 14.7. The van der Waals surface area contributed by atoms with Crippen LogP contribution in [-0.2, 0) is 0 Å². The highest BCUT2D eigenvalue weighted by Gasteiger charge is 2.31. The summed E-state index contributed by atoms with van der Waals surface area (Å²) in [4.78, 5) is 14.7. The van der Waals surface area contributed by atoms with Gasteiger partial charge in [-0.3, -0.25) is 9.69 Å². The summed E-state index contributed by atoms with van der Waals surface area (Å²) >= 11 is 0. The lowest BCUT2D eigenvalue weighted by Gasteiger charge is -2.27. The van der Waals surface area contributed by atoms with E-state index in [1.54, 1.807) is 0 Å². The van der Waals surface area contributed by atoms with E-state index in [2.05, 4.69) is 18.7 Å². The highest BCUT2D eigenvalue weighted by molar-refractivity contribution is 6.00. The van der Waals surface area contributed by atoms with E-state index in [9.17, 15) is 9.18 Å². The smallest absolute Gasteiger partial charge is 0.180 e. The second-order valence-corrected chi connectivity index (χ2v) is 5.43.